The molecule has 0 atom stereocenters. The number of fused-ring (bicyclic) bond motifs is 3. The van der Waals surface area contributed by atoms with Crippen molar-refractivity contribution < 1.29 is 22.8 Å². The van der Waals surface area contributed by atoms with E-state index < -0.39 is 27.6 Å². The minimum atomic E-state index is -4.00. The summed E-state index contributed by atoms with van der Waals surface area (Å²) >= 11 is 11.5. The van der Waals surface area contributed by atoms with Gasteiger partial charge in [-0.2, -0.15) is 13.6 Å². The third-order valence-electron chi connectivity index (χ3n) is 4.18. The molecule has 0 aliphatic rings. The summed E-state index contributed by atoms with van der Waals surface area (Å²) in [5.74, 6) is -0.915. The predicted octanol–water partition coefficient (Wildman–Crippen LogP) is 5.28. The van der Waals surface area contributed by atoms with Crippen LogP contribution in [-0.4, -0.2) is 10.9 Å². The zero-order valence-electron chi connectivity index (χ0n) is 14.4. The van der Waals surface area contributed by atoms with Gasteiger partial charge in [0.15, 0.2) is 0 Å². The lowest BCUT2D eigenvalue weighted by molar-refractivity contribution is -0.272. The standard InChI is InChI=1S/C19H11Cl2F2N3O3/c20-12-7-25-8-13(21)17(12)19(22,23)29-26-18(27)10-2-1-3-15-16(10)11-6-9(24)4-5-14(11)28-15/h1-8H,24H2,(H,26,27). The van der Waals surface area contributed by atoms with Gasteiger partial charge in [0.25, 0.3) is 5.91 Å². The van der Waals surface area contributed by atoms with Gasteiger partial charge in [-0.05, 0) is 30.3 Å². The number of anilines is 1. The van der Waals surface area contributed by atoms with Gasteiger partial charge >= 0.3 is 6.11 Å². The number of nitrogens with one attached hydrogen (secondary N) is 1. The van der Waals surface area contributed by atoms with Crippen LogP contribution in [0.1, 0.15) is 15.9 Å². The number of pyridine rings is 1. The topological polar surface area (TPSA) is 90.4 Å². The molecule has 2 aromatic heterocycles. The molecule has 10 heteroatoms. The molecule has 2 heterocycles. The Balaban J connectivity index is 1.68. The number of carbonyl (C=O) groups is 1. The summed E-state index contributed by atoms with van der Waals surface area (Å²) in [6.07, 6.45) is -2.02. The number of alkyl halides is 2. The van der Waals surface area contributed by atoms with Crippen LogP contribution in [0, 0.1) is 0 Å². The summed E-state index contributed by atoms with van der Waals surface area (Å²) in [6.45, 7) is 0. The van der Waals surface area contributed by atoms with Crippen molar-refractivity contribution in [1.82, 2.24) is 10.5 Å². The Bertz CT molecular complexity index is 1240. The highest BCUT2D eigenvalue weighted by molar-refractivity contribution is 6.35. The van der Waals surface area contributed by atoms with Crippen LogP contribution in [0.15, 0.2) is 53.2 Å². The molecule has 3 N–H and O–H groups in total. The lowest BCUT2D eigenvalue weighted by atomic mass is 10.1. The molecule has 1 amide bonds. The first-order valence-electron chi connectivity index (χ1n) is 8.14. The van der Waals surface area contributed by atoms with Crippen LogP contribution in [0.3, 0.4) is 0 Å². The number of carbonyl (C=O) groups excluding carboxylic acids is 1. The van der Waals surface area contributed by atoms with Crippen molar-refractivity contribution >= 4 is 56.7 Å². The van der Waals surface area contributed by atoms with Gasteiger partial charge in [-0.25, -0.2) is 5.48 Å². The zero-order chi connectivity index (χ0) is 20.8. The highest BCUT2D eigenvalue weighted by Crippen LogP contribution is 2.38. The monoisotopic (exact) mass is 437 g/mol. The van der Waals surface area contributed by atoms with Crippen LogP contribution < -0.4 is 11.2 Å². The van der Waals surface area contributed by atoms with Gasteiger partial charge in [-0.3, -0.25) is 9.78 Å². The first kappa shape index (κ1) is 19.4. The SMILES string of the molecule is Nc1ccc2oc3cccc(C(=O)NOC(F)(F)c4c(Cl)cncc4Cl)c3c2c1. The second kappa shape index (κ2) is 7.14. The fourth-order valence-electron chi connectivity index (χ4n) is 2.94. The molecule has 4 rings (SSSR count). The number of hydroxylamine groups is 1. The summed E-state index contributed by atoms with van der Waals surface area (Å²) in [6, 6.07) is 9.58. The van der Waals surface area contributed by atoms with Crippen LogP contribution in [0.25, 0.3) is 21.9 Å². The number of amides is 1. The van der Waals surface area contributed by atoms with Crippen molar-refractivity contribution in [3.8, 4) is 0 Å². The Morgan fingerprint density at radius 3 is 2.59 bits per heavy atom. The van der Waals surface area contributed by atoms with Crippen LogP contribution in [0.5, 0.6) is 0 Å². The van der Waals surface area contributed by atoms with E-state index in [1.807, 2.05) is 0 Å². The Hall–Kier alpha value is -2.94. The van der Waals surface area contributed by atoms with Crippen molar-refractivity contribution in [3.05, 3.63) is 70.0 Å². The lowest BCUT2D eigenvalue weighted by Crippen LogP contribution is -2.33. The number of nitrogens with zero attached hydrogens (tertiary/aromatic N) is 1. The Morgan fingerprint density at radius 2 is 1.86 bits per heavy atom. The minimum Gasteiger partial charge on any atom is -0.456 e. The highest BCUT2D eigenvalue weighted by atomic mass is 35.5. The molecular weight excluding hydrogens is 427 g/mol. The number of rotatable bonds is 4. The van der Waals surface area contributed by atoms with E-state index in [2.05, 4.69) is 9.82 Å². The van der Waals surface area contributed by atoms with Crippen molar-refractivity contribution in [2.75, 3.05) is 5.73 Å². The summed E-state index contributed by atoms with van der Waals surface area (Å²) in [5, 5.41) is 0.169. The van der Waals surface area contributed by atoms with Crippen molar-refractivity contribution in [2.24, 2.45) is 0 Å². The van der Waals surface area contributed by atoms with Gasteiger partial charge in [0, 0.05) is 28.9 Å². The van der Waals surface area contributed by atoms with E-state index >= 15 is 0 Å². The number of halogens is 4. The highest BCUT2D eigenvalue weighted by Gasteiger charge is 2.39. The first-order valence-corrected chi connectivity index (χ1v) is 8.90. The maximum atomic E-state index is 14.4. The number of aromatic nitrogens is 1. The summed E-state index contributed by atoms with van der Waals surface area (Å²) < 4.78 is 34.6. The number of benzene rings is 2. The average molecular weight is 438 g/mol. The van der Waals surface area contributed by atoms with E-state index in [9.17, 15) is 13.6 Å². The number of hydrogen-bond donors (Lipinski definition) is 2. The third-order valence-corrected chi connectivity index (χ3v) is 4.75. The maximum absolute atomic E-state index is 14.4. The van der Waals surface area contributed by atoms with Gasteiger partial charge in [0.2, 0.25) is 0 Å². The van der Waals surface area contributed by atoms with E-state index in [-0.39, 0.29) is 5.56 Å². The van der Waals surface area contributed by atoms with Crippen molar-refractivity contribution in [1.29, 1.82) is 0 Å². The third kappa shape index (κ3) is 3.46. The van der Waals surface area contributed by atoms with E-state index in [1.165, 1.54) is 6.07 Å². The number of nitrogens with two attached hydrogens (primary N) is 1. The van der Waals surface area contributed by atoms with E-state index in [0.717, 1.165) is 12.4 Å². The molecule has 0 unspecified atom stereocenters. The van der Waals surface area contributed by atoms with Crippen LogP contribution in [-0.2, 0) is 10.9 Å². The number of nitrogen functional groups attached to an aromatic ring is 1. The molecule has 6 nitrogen and oxygen atoms in total. The van der Waals surface area contributed by atoms with E-state index in [1.54, 1.807) is 35.8 Å². The second-order valence-electron chi connectivity index (χ2n) is 6.06. The quantitative estimate of drug-likeness (QED) is 0.334. The van der Waals surface area contributed by atoms with Gasteiger partial charge in [0.05, 0.1) is 21.2 Å². The Kier molecular flexibility index (Phi) is 4.77. The molecule has 0 bridgehead atoms. The van der Waals surface area contributed by atoms with Gasteiger partial charge < -0.3 is 10.2 Å². The molecule has 0 saturated carbocycles. The fraction of sp³-hybridized carbons (Fsp3) is 0.0526. The predicted molar refractivity (Wildman–Crippen MR) is 105 cm³/mol. The number of hydrogen-bond acceptors (Lipinski definition) is 5. The normalized spacial score (nSPS) is 11.9. The molecule has 29 heavy (non-hydrogen) atoms. The molecule has 148 valence electrons. The lowest BCUT2D eigenvalue weighted by Gasteiger charge is -2.19. The van der Waals surface area contributed by atoms with E-state index in [0.29, 0.717) is 27.6 Å². The molecule has 0 saturated heterocycles. The molecule has 0 aliphatic heterocycles. The molecule has 2 aromatic carbocycles. The smallest absolute Gasteiger partial charge is 0.405 e. The summed E-state index contributed by atoms with van der Waals surface area (Å²) in [4.78, 5) is 20.6. The maximum Gasteiger partial charge on any atom is 0.405 e. The fourth-order valence-corrected chi connectivity index (χ4v) is 3.52. The molecule has 4 aromatic rings. The average Bonchev–Trinajstić information content (AvgIpc) is 3.03. The first-order chi connectivity index (χ1) is 13.8. The molecule has 0 aliphatic carbocycles. The van der Waals surface area contributed by atoms with Crippen LogP contribution in [0.2, 0.25) is 10.0 Å². The Labute approximate surface area is 172 Å². The van der Waals surface area contributed by atoms with Gasteiger partial charge in [0.1, 0.15) is 11.2 Å². The van der Waals surface area contributed by atoms with Crippen molar-refractivity contribution in [3.63, 3.8) is 0 Å². The zero-order valence-corrected chi connectivity index (χ0v) is 15.9. The molecule has 0 radical (unpaired) electrons. The summed E-state index contributed by atoms with van der Waals surface area (Å²) in [7, 11) is 0. The van der Waals surface area contributed by atoms with Gasteiger partial charge in [-0.15, -0.1) is 0 Å². The van der Waals surface area contributed by atoms with Crippen LogP contribution in [0.4, 0.5) is 14.5 Å². The van der Waals surface area contributed by atoms with Crippen LogP contribution >= 0.6 is 23.2 Å². The van der Waals surface area contributed by atoms with Crippen molar-refractivity contribution in [2.45, 2.75) is 6.11 Å². The molecule has 0 spiro atoms. The van der Waals surface area contributed by atoms with E-state index in [4.69, 9.17) is 33.4 Å². The minimum absolute atomic E-state index is 0.0644. The largest absolute Gasteiger partial charge is 0.456 e. The molecule has 0 fully saturated rings. The summed E-state index contributed by atoms with van der Waals surface area (Å²) in [5.41, 5.74) is 8.17. The molecular formula is C19H11Cl2F2N3O3. The Morgan fingerprint density at radius 1 is 1.14 bits per heavy atom. The number of furan rings is 1. The van der Waals surface area contributed by atoms with Gasteiger partial charge in [-0.1, -0.05) is 29.3 Å². The second-order valence-corrected chi connectivity index (χ2v) is 6.88.